The number of benzene rings is 1. The van der Waals surface area contributed by atoms with Gasteiger partial charge >= 0.3 is 0 Å². The third kappa shape index (κ3) is 5.46. The van der Waals surface area contributed by atoms with Crippen molar-refractivity contribution in [2.24, 2.45) is 5.92 Å². The Hall–Kier alpha value is -1.64. The van der Waals surface area contributed by atoms with Crippen molar-refractivity contribution in [2.45, 2.75) is 38.5 Å². The average molecular weight is 411 g/mol. The van der Waals surface area contributed by atoms with Crippen molar-refractivity contribution in [1.29, 1.82) is 0 Å². The summed E-state index contributed by atoms with van der Waals surface area (Å²) >= 11 is 0. The number of nitrogens with one attached hydrogen (secondary N) is 1. The summed E-state index contributed by atoms with van der Waals surface area (Å²) in [5, 5.41) is 2.93. The molecule has 0 atom stereocenters. The van der Waals surface area contributed by atoms with E-state index in [0.717, 1.165) is 31.6 Å². The monoisotopic (exact) mass is 410 g/mol. The fourth-order valence-electron chi connectivity index (χ4n) is 3.49. The quantitative estimate of drug-likeness (QED) is 0.713. The number of hydrogen-bond donors (Lipinski definition) is 1. The van der Waals surface area contributed by atoms with Gasteiger partial charge in [0.1, 0.15) is 0 Å². The van der Waals surface area contributed by atoms with Gasteiger partial charge in [-0.2, -0.15) is 4.31 Å². The molecule has 1 heterocycles. The minimum absolute atomic E-state index is 0.116. The summed E-state index contributed by atoms with van der Waals surface area (Å²) in [6.07, 6.45) is 2.21. The molecule has 1 aromatic carbocycles. The topological polar surface area (TPSA) is 73.0 Å². The van der Waals surface area contributed by atoms with E-state index in [1.54, 1.807) is 18.2 Å². The lowest BCUT2D eigenvalue weighted by atomic mass is 9.99. The van der Waals surface area contributed by atoms with Crippen LogP contribution in [0.2, 0.25) is 0 Å². The molecule has 1 aliphatic heterocycles. The normalized spacial score (nSPS) is 16.4. The first-order valence-corrected chi connectivity index (χ1v) is 11.5. The Morgan fingerprint density at radius 2 is 1.79 bits per heavy atom. The van der Waals surface area contributed by atoms with Gasteiger partial charge in [0.25, 0.3) is 0 Å². The highest BCUT2D eigenvalue weighted by molar-refractivity contribution is 7.89. The van der Waals surface area contributed by atoms with Gasteiger partial charge in [-0.1, -0.05) is 20.8 Å². The molecule has 1 saturated heterocycles. The molecule has 0 radical (unpaired) electrons. The lowest BCUT2D eigenvalue weighted by Gasteiger charge is -2.29. The number of hydrogen-bond acceptors (Lipinski definition) is 5. The van der Waals surface area contributed by atoms with Crippen molar-refractivity contribution in [3.8, 4) is 0 Å². The number of rotatable bonds is 8. The van der Waals surface area contributed by atoms with E-state index in [9.17, 15) is 13.2 Å². The summed E-state index contributed by atoms with van der Waals surface area (Å²) in [7, 11) is 0.159. The van der Waals surface area contributed by atoms with Gasteiger partial charge in [0, 0.05) is 27.2 Å². The Labute approximate surface area is 169 Å². The molecule has 1 fully saturated rings. The molecule has 8 heteroatoms. The Balaban J connectivity index is 2.22. The maximum absolute atomic E-state index is 12.9. The van der Waals surface area contributed by atoms with Crippen LogP contribution in [-0.2, 0) is 14.8 Å². The smallest absolute Gasteiger partial charge is 0.243 e. The van der Waals surface area contributed by atoms with Crippen molar-refractivity contribution in [3.05, 3.63) is 18.2 Å². The van der Waals surface area contributed by atoms with E-state index in [1.165, 1.54) is 4.31 Å². The average Bonchev–Trinajstić information content (AvgIpc) is 2.64. The van der Waals surface area contributed by atoms with E-state index < -0.39 is 10.0 Å². The number of amides is 1. The second-order valence-electron chi connectivity index (χ2n) is 7.67. The van der Waals surface area contributed by atoms with Crippen LogP contribution in [-0.4, -0.2) is 70.3 Å². The van der Waals surface area contributed by atoms with Gasteiger partial charge in [-0.05, 0) is 50.0 Å². The summed E-state index contributed by atoms with van der Waals surface area (Å²) in [5.74, 6) is 0.594. The molecule has 158 valence electrons. The molecule has 0 spiro atoms. The van der Waals surface area contributed by atoms with E-state index in [2.05, 4.69) is 17.1 Å². The maximum Gasteiger partial charge on any atom is 0.243 e. The van der Waals surface area contributed by atoms with Gasteiger partial charge < -0.3 is 10.2 Å². The second kappa shape index (κ2) is 9.71. The van der Waals surface area contributed by atoms with Crippen LogP contribution >= 0.6 is 0 Å². The van der Waals surface area contributed by atoms with E-state index in [1.807, 2.05) is 32.8 Å². The molecule has 28 heavy (non-hydrogen) atoms. The molecule has 2 rings (SSSR count). The molecule has 0 saturated carbocycles. The highest BCUT2D eigenvalue weighted by Crippen LogP contribution is 2.29. The summed E-state index contributed by atoms with van der Waals surface area (Å²) in [6, 6.07) is 4.92. The summed E-state index contributed by atoms with van der Waals surface area (Å²) in [6.45, 7) is 8.85. The number of sulfonamides is 1. The minimum atomic E-state index is -3.58. The first-order chi connectivity index (χ1) is 13.2. The first-order valence-electron chi connectivity index (χ1n) is 10.0. The molecule has 0 bridgehead atoms. The molecule has 1 aromatic rings. The third-order valence-electron chi connectivity index (χ3n) is 5.31. The van der Waals surface area contributed by atoms with E-state index in [0.29, 0.717) is 31.2 Å². The second-order valence-corrected chi connectivity index (χ2v) is 9.61. The van der Waals surface area contributed by atoms with Gasteiger partial charge in [0.15, 0.2) is 0 Å². The molecule has 1 aliphatic rings. The summed E-state index contributed by atoms with van der Waals surface area (Å²) in [4.78, 5) is 16.8. The Morgan fingerprint density at radius 1 is 1.18 bits per heavy atom. The zero-order chi connectivity index (χ0) is 20.9. The lowest BCUT2D eigenvalue weighted by molar-refractivity contribution is -0.117. The van der Waals surface area contributed by atoms with Gasteiger partial charge in [-0.25, -0.2) is 8.42 Å². The fraction of sp³-hybridized carbons (Fsp3) is 0.650. The number of piperidine rings is 1. The van der Waals surface area contributed by atoms with Gasteiger partial charge in [-0.15, -0.1) is 0 Å². The highest BCUT2D eigenvalue weighted by Gasteiger charge is 2.24. The molecule has 1 amide bonds. The standard InChI is InChI=1S/C20H34N4O3S/c1-6-24(7-2)28(26,27)17-8-9-19(22(4)5)18(14-17)21-20(25)15-23-12-10-16(3)11-13-23/h8-9,14,16H,6-7,10-13,15H2,1-5H3,(H,21,25). The van der Waals surface area contributed by atoms with Crippen molar-refractivity contribution < 1.29 is 13.2 Å². The van der Waals surface area contributed by atoms with Crippen LogP contribution in [0.1, 0.15) is 33.6 Å². The van der Waals surface area contributed by atoms with Crippen molar-refractivity contribution in [3.63, 3.8) is 0 Å². The molecule has 0 unspecified atom stereocenters. The van der Waals surface area contributed by atoms with Crippen LogP contribution in [0.25, 0.3) is 0 Å². The van der Waals surface area contributed by atoms with Crippen LogP contribution in [0.15, 0.2) is 23.1 Å². The van der Waals surface area contributed by atoms with Crippen molar-refractivity contribution >= 4 is 27.3 Å². The molecule has 0 aromatic heterocycles. The van der Waals surface area contributed by atoms with Crippen LogP contribution in [0.5, 0.6) is 0 Å². The first kappa shape index (κ1) is 22.6. The number of likely N-dealkylation sites (tertiary alicyclic amines) is 1. The highest BCUT2D eigenvalue weighted by atomic mass is 32.2. The zero-order valence-corrected chi connectivity index (χ0v) is 18.6. The number of carbonyl (C=O) groups excluding carboxylic acids is 1. The molecular weight excluding hydrogens is 376 g/mol. The summed E-state index contributed by atoms with van der Waals surface area (Å²) in [5.41, 5.74) is 1.30. The summed E-state index contributed by atoms with van der Waals surface area (Å²) < 4.78 is 27.1. The number of nitrogens with zero attached hydrogens (tertiary/aromatic N) is 3. The van der Waals surface area contributed by atoms with Gasteiger partial charge in [-0.3, -0.25) is 9.69 Å². The largest absolute Gasteiger partial charge is 0.376 e. The Kier molecular flexibility index (Phi) is 7.86. The van der Waals surface area contributed by atoms with Crippen LogP contribution < -0.4 is 10.2 Å². The molecule has 1 N–H and O–H groups in total. The predicted octanol–water partition coefficient (Wildman–Crippen LogP) is 2.45. The Bertz CT molecular complexity index is 768. The molecule has 7 nitrogen and oxygen atoms in total. The number of carbonyl (C=O) groups is 1. The van der Waals surface area contributed by atoms with E-state index in [4.69, 9.17) is 0 Å². The minimum Gasteiger partial charge on any atom is -0.376 e. The van der Waals surface area contributed by atoms with Gasteiger partial charge in [0.05, 0.1) is 22.8 Å². The lowest BCUT2D eigenvalue weighted by Crippen LogP contribution is -2.38. The van der Waals surface area contributed by atoms with Gasteiger partial charge in [0.2, 0.25) is 15.9 Å². The van der Waals surface area contributed by atoms with Crippen molar-refractivity contribution in [1.82, 2.24) is 9.21 Å². The molecular formula is C20H34N4O3S. The SMILES string of the molecule is CCN(CC)S(=O)(=O)c1ccc(N(C)C)c(NC(=O)CN2CCC(C)CC2)c1. The molecule has 0 aliphatic carbocycles. The van der Waals surface area contributed by atoms with Crippen LogP contribution in [0.3, 0.4) is 0 Å². The van der Waals surface area contributed by atoms with Crippen LogP contribution in [0.4, 0.5) is 11.4 Å². The van der Waals surface area contributed by atoms with E-state index in [-0.39, 0.29) is 10.8 Å². The predicted molar refractivity (Wildman–Crippen MR) is 114 cm³/mol. The Morgan fingerprint density at radius 3 is 2.32 bits per heavy atom. The maximum atomic E-state index is 12.9. The third-order valence-corrected chi connectivity index (χ3v) is 7.36. The van der Waals surface area contributed by atoms with Crippen LogP contribution in [0, 0.1) is 5.92 Å². The number of anilines is 2. The van der Waals surface area contributed by atoms with E-state index >= 15 is 0 Å². The fourth-order valence-corrected chi connectivity index (χ4v) is 4.98. The van der Waals surface area contributed by atoms with Crippen molar-refractivity contribution in [2.75, 3.05) is 57.0 Å². The zero-order valence-electron chi connectivity index (χ0n) is 17.7.